The molecule has 0 atom stereocenters. The van der Waals surface area contributed by atoms with Crippen molar-refractivity contribution in [2.24, 2.45) is 0 Å². The van der Waals surface area contributed by atoms with Gasteiger partial charge in [-0.25, -0.2) is 4.79 Å². The van der Waals surface area contributed by atoms with E-state index >= 15 is 0 Å². The van der Waals surface area contributed by atoms with Gasteiger partial charge in [0.25, 0.3) is 0 Å². The number of nitriles is 1. The van der Waals surface area contributed by atoms with Crippen LogP contribution in [0.4, 0.5) is 4.79 Å². The summed E-state index contributed by atoms with van der Waals surface area (Å²) in [7, 11) is 0. The fourth-order valence-electron chi connectivity index (χ4n) is 1.31. The normalized spacial score (nSPS) is 10.6. The number of amides is 1. The first kappa shape index (κ1) is 15.4. The Morgan fingerprint density at radius 2 is 2.00 bits per heavy atom. The molecule has 0 spiro atoms. The number of nitrogens with one attached hydrogen (secondary N) is 1. The van der Waals surface area contributed by atoms with Crippen LogP contribution in [-0.4, -0.2) is 17.4 Å². The summed E-state index contributed by atoms with van der Waals surface area (Å²) in [5.74, 6) is 0.440. The van der Waals surface area contributed by atoms with Gasteiger partial charge in [-0.15, -0.1) is 11.8 Å². The van der Waals surface area contributed by atoms with Crippen molar-refractivity contribution >= 4 is 17.9 Å². The number of alkyl carbamates (subject to hydrolysis) is 1. The Kier molecular flexibility index (Phi) is 5.71. The highest BCUT2D eigenvalue weighted by molar-refractivity contribution is 7.99. The second-order valence-corrected chi connectivity index (χ2v) is 5.99. The number of benzene rings is 1. The van der Waals surface area contributed by atoms with Gasteiger partial charge in [0, 0.05) is 11.4 Å². The Morgan fingerprint density at radius 1 is 1.37 bits per heavy atom. The van der Waals surface area contributed by atoms with Gasteiger partial charge in [0.2, 0.25) is 0 Å². The monoisotopic (exact) mass is 278 g/mol. The van der Waals surface area contributed by atoms with Crippen molar-refractivity contribution in [3.8, 4) is 6.07 Å². The van der Waals surface area contributed by atoms with E-state index in [1.165, 1.54) is 11.8 Å². The Bertz CT molecular complexity index is 458. The van der Waals surface area contributed by atoms with E-state index in [1.54, 1.807) is 0 Å². The van der Waals surface area contributed by atoms with Crippen LogP contribution in [-0.2, 0) is 11.3 Å². The molecule has 0 aromatic heterocycles. The van der Waals surface area contributed by atoms with Crippen molar-refractivity contribution in [2.45, 2.75) is 37.8 Å². The minimum atomic E-state index is -0.484. The quantitative estimate of drug-likeness (QED) is 0.858. The zero-order valence-corrected chi connectivity index (χ0v) is 12.2. The van der Waals surface area contributed by atoms with Crippen molar-refractivity contribution < 1.29 is 9.53 Å². The van der Waals surface area contributed by atoms with Crippen LogP contribution in [0, 0.1) is 11.3 Å². The maximum absolute atomic E-state index is 11.5. The van der Waals surface area contributed by atoms with Crippen LogP contribution in [0.3, 0.4) is 0 Å². The van der Waals surface area contributed by atoms with Crippen LogP contribution >= 0.6 is 11.8 Å². The lowest BCUT2D eigenvalue weighted by Gasteiger charge is -2.19. The minimum Gasteiger partial charge on any atom is -0.444 e. The van der Waals surface area contributed by atoms with E-state index in [1.807, 2.05) is 45.0 Å². The van der Waals surface area contributed by atoms with E-state index in [0.29, 0.717) is 12.3 Å². The SMILES string of the molecule is CC(C)(C)OC(=O)NCc1ccc(SCC#N)cc1. The highest BCUT2D eigenvalue weighted by atomic mass is 32.2. The summed E-state index contributed by atoms with van der Waals surface area (Å²) < 4.78 is 5.15. The number of hydrogen-bond acceptors (Lipinski definition) is 4. The van der Waals surface area contributed by atoms with Crippen molar-refractivity contribution in [3.63, 3.8) is 0 Å². The Balaban J connectivity index is 2.42. The molecule has 0 fully saturated rings. The summed E-state index contributed by atoms with van der Waals surface area (Å²) >= 11 is 1.49. The Labute approximate surface area is 118 Å². The molecule has 0 aliphatic carbocycles. The predicted octanol–water partition coefficient (Wildman–Crippen LogP) is 3.33. The second-order valence-electron chi connectivity index (χ2n) is 4.95. The molecule has 0 unspecified atom stereocenters. The molecule has 1 aromatic rings. The summed E-state index contributed by atoms with van der Waals surface area (Å²) in [6.45, 7) is 5.91. The molecule has 1 aromatic carbocycles. The summed E-state index contributed by atoms with van der Waals surface area (Å²) in [6, 6.07) is 9.81. The molecule has 1 amide bonds. The number of hydrogen-bond donors (Lipinski definition) is 1. The van der Waals surface area contributed by atoms with Crippen molar-refractivity contribution in [2.75, 3.05) is 5.75 Å². The molecule has 1 N–H and O–H groups in total. The van der Waals surface area contributed by atoms with Gasteiger partial charge in [-0.2, -0.15) is 5.26 Å². The van der Waals surface area contributed by atoms with E-state index < -0.39 is 11.7 Å². The van der Waals surface area contributed by atoms with Gasteiger partial charge < -0.3 is 10.1 Å². The highest BCUT2D eigenvalue weighted by Crippen LogP contribution is 2.17. The van der Waals surface area contributed by atoms with E-state index in [2.05, 4.69) is 11.4 Å². The number of rotatable bonds is 4. The van der Waals surface area contributed by atoms with Crippen LogP contribution in [0.2, 0.25) is 0 Å². The zero-order chi connectivity index (χ0) is 14.3. The molecular weight excluding hydrogens is 260 g/mol. The molecule has 0 radical (unpaired) electrons. The lowest BCUT2D eigenvalue weighted by atomic mass is 10.2. The molecule has 102 valence electrons. The third-order valence-corrected chi connectivity index (χ3v) is 2.94. The summed E-state index contributed by atoms with van der Waals surface area (Å²) in [4.78, 5) is 12.5. The largest absolute Gasteiger partial charge is 0.444 e. The lowest BCUT2D eigenvalue weighted by Crippen LogP contribution is -2.32. The third-order valence-electron chi connectivity index (χ3n) is 2.06. The summed E-state index contributed by atoms with van der Waals surface area (Å²) in [6.07, 6.45) is -0.421. The molecule has 1 rings (SSSR count). The minimum absolute atomic E-state index is 0.421. The fraction of sp³-hybridized carbons (Fsp3) is 0.429. The maximum atomic E-state index is 11.5. The van der Waals surface area contributed by atoms with Crippen molar-refractivity contribution in [1.82, 2.24) is 5.32 Å². The first-order valence-electron chi connectivity index (χ1n) is 5.96. The van der Waals surface area contributed by atoms with Crippen LogP contribution < -0.4 is 5.32 Å². The molecule has 5 heteroatoms. The van der Waals surface area contributed by atoms with Gasteiger partial charge in [-0.3, -0.25) is 0 Å². The average Bonchev–Trinajstić information content (AvgIpc) is 2.33. The van der Waals surface area contributed by atoms with Gasteiger partial charge in [0.1, 0.15) is 5.60 Å². The molecule has 4 nitrogen and oxygen atoms in total. The summed E-state index contributed by atoms with van der Waals surface area (Å²) in [5.41, 5.74) is 0.508. The molecule has 0 saturated carbocycles. The fourth-order valence-corrected chi connectivity index (χ4v) is 1.87. The van der Waals surface area contributed by atoms with Crippen LogP contribution in [0.15, 0.2) is 29.2 Å². The third kappa shape index (κ3) is 6.73. The highest BCUT2D eigenvalue weighted by Gasteiger charge is 2.15. The van der Waals surface area contributed by atoms with Gasteiger partial charge in [-0.1, -0.05) is 12.1 Å². The predicted molar refractivity (Wildman–Crippen MR) is 75.9 cm³/mol. The van der Waals surface area contributed by atoms with E-state index in [4.69, 9.17) is 10.00 Å². The smallest absolute Gasteiger partial charge is 0.407 e. The van der Waals surface area contributed by atoms with Gasteiger partial charge in [-0.05, 0) is 38.5 Å². The van der Waals surface area contributed by atoms with Crippen LogP contribution in [0.25, 0.3) is 0 Å². The van der Waals surface area contributed by atoms with Crippen LogP contribution in [0.5, 0.6) is 0 Å². The zero-order valence-electron chi connectivity index (χ0n) is 11.4. The maximum Gasteiger partial charge on any atom is 0.407 e. The molecule has 0 saturated heterocycles. The average molecular weight is 278 g/mol. The van der Waals surface area contributed by atoms with Gasteiger partial charge in [0.15, 0.2) is 0 Å². The number of thioether (sulfide) groups is 1. The van der Waals surface area contributed by atoms with E-state index in [0.717, 1.165) is 10.5 Å². The first-order chi connectivity index (χ1) is 8.90. The van der Waals surface area contributed by atoms with E-state index in [9.17, 15) is 4.79 Å². The molecule has 0 bridgehead atoms. The molecule has 0 heterocycles. The molecule has 0 aliphatic rings. The topological polar surface area (TPSA) is 62.1 Å². The Morgan fingerprint density at radius 3 is 2.53 bits per heavy atom. The standard InChI is InChI=1S/C14H18N2O2S/c1-14(2,3)18-13(17)16-10-11-4-6-12(7-5-11)19-9-8-15/h4-7H,9-10H2,1-3H3,(H,16,17). The number of nitrogens with zero attached hydrogens (tertiary/aromatic N) is 1. The van der Waals surface area contributed by atoms with E-state index in [-0.39, 0.29) is 0 Å². The Hall–Kier alpha value is -1.67. The first-order valence-corrected chi connectivity index (χ1v) is 6.95. The molecule has 19 heavy (non-hydrogen) atoms. The van der Waals surface area contributed by atoms with Gasteiger partial charge in [0.05, 0.1) is 11.8 Å². The van der Waals surface area contributed by atoms with Crippen molar-refractivity contribution in [1.29, 1.82) is 5.26 Å². The second kappa shape index (κ2) is 7.05. The van der Waals surface area contributed by atoms with Crippen molar-refractivity contribution in [3.05, 3.63) is 29.8 Å². The molecule has 0 aliphatic heterocycles. The molecular formula is C14H18N2O2S. The number of carbonyl (C=O) groups is 1. The summed E-state index contributed by atoms with van der Waals surface area (Å²) in [5, 5.41) is 11.2. The van der Waals surface area contributed by atoms with Gasteiger partial charge >= 0.3 is 6.09 Å². The number of carbonyl (C=O) groups excluding carboxylic acids is 1. The number of ether oxygens (including phenoxy) is 1. The lowest BCUT2D eigenvalue weighted by molar-refractivity contribution is 0.0523. The van der Waals surface area contributed by atoms with Crippen LogP contribution in [0.1, 0.15) is 26.3 Å².